The molecule has 0 aromatic heterocycles. The molecule has 136 valence electrons. The van der Waals surface area contributed by atoms with Crippen molar-refractivity contribution >= 4 is 23.2 Å². The second kappa shape index (κ2) is 7.21. The molecule has 1 aliphatic heterocycles. The third kappa shape index (κ3) is 3.57. The summed E-state index contributed by atoms with van der Waals surface area (Å²) in [6, 6.07) is 9.18. The fourth-order valence-electron chi connectivity index (χ4n) is 3.05. The first-order valence-electron chi connectivity index (χ1n) is 8.28. The number of hydrogen-bond donors (Lipinski definition) is 2. The summed E-state index contributed by atoms with van der Waals surface area (Å²) in [6.45, 7) is 3.26. The van der Waals surface area contributed by atoms with Crippen LogP contribution in [0.2, 0.25) is 0 Å². The third-order valence-electron chi connectivity index (χ3n) is 4.34. The number of nitrogens with one attached hydrogen (secondary N) is 2. The Morgan fingerprint density at radius 3 is 2.65 bits per heavy atom. The zero-order valence-electron chi connectivity index (χ0n) is 14.4. The Kier molecular flexibility index (Phi) is 4.99. The zero-order valence-corrected chi connectivity index (χ0v) is 14.4. The Labute approximate surface area is 150 Å². The van der Waals surface area contributed by atoms with Crippen LogP contribution >= 0.6 is 0 Å². The normalized spacial score (nSPS) is 15.8. The highest BCUT2D eigenvalue weighted by Crippen LogP contribution is 2.29. The number of rotatable bonds is 4. The van der Waals surface area contributed by atoms with E-state index in [1.165, 1.54) is 17.0 Å². The minimum Gasteiger partial charge on any atom is -0.323 e. The molecule has 2 aromatic rings. The first kappa shape index (κ1) is 18.0. The number of hydrogen-bond acceptors (Lipinski definition) is 3. The summed E-state index contributed by atoms with van der Waals surface area (Å²) in [5.74, 6) is -1.91. The van der Waals surface area contributed by atoms with E-state index in [0.29, 0.717) is 11.4 Å². The van der Waals surface area contributed by atoms with Gasteiger partial charge < -0.3 is 5.32 Å². The van der Waals surface area contributed by atoms with Gasteiger partial charge in [0.1, 0.15) is 18.2 Å². The quantitative estimate of drug-likeness (QED) is 0.882. The van der Waals surface area contributed by atoms with Crippen molar-refractivity contribution in [1.82, 2.24) is 5.32 Å². The lowest BCUT2D eigenvalue weighted by Crippen LogP contribution is -2.50. The Morgan fingerprint density at radius 1 is 1.19 bits per heavy atom. The first-order chi connectivity index (χ1) is 12.4. The van der Waals surface area contributed by atoms with Crippen LogP contribution < -0.4 is 15.5 Å². The number of anilines is 2. The fraction of sp³-hybridized carbons (Fsp3) is 0.263. The summed E-state index contributed by atoms with van der Waals surface area (Å²) in [5, 5.41) is 5.74. The van der Waals surface area contributed by atoms with E-state index in [2.05, 4.69) is 10.6 Å². The molecule has 2 amide bonds. The predicted octanol–water partition coefficient (Wildman–Crippen LogP) is 2.99. The maximum Gasteiger partial charge on any atom is 0.244 e. The summed E-state index contributed by atoms with van der Waals surface area (Å²) in [7, 11) is 0. The largest absolute Gasteiger partial charge is 0.323 e. The van der Waals surface area contributed by atoms with Gasteiger partial charge in [-0.2, -0.15) is 0 Å². The molecule has 0 unspecified atom stereocenters. The summed E-state index contributed by atoms with van der Waals surface area (Å²) >= 11 is 0. The molecule has 5 nitrogen and oxygen atoms in total. The zero-order chi connectivity index (χ0) is 18.8. The summed E-state index contributed by atoms with van der Waals surface area (Å²) in [6.07, 6.45) is 0. The number of amides is 2. The van der Waals surface area contributed by atoms with Gasteiger partial charge in [0.05, 0.1) is 17.4 Å². The highest BCUT2D eigenvalue weighted by atomic mass is 19.1. The fourth-order valence-corrected chi connectivity index (χ4v) is 3.05. The lowest BCUT2D eigenvalue weighted by molar-refractivity contribution is -0.123. The third-order valence-corrected chi connectivity index (χ3v) is 4.34. The molecule has 2 aromatic carbocycles. The van der Waals surface area contributed by atoms with Crippen LogP contribution in [0.25, 0.3) is 0 Å². The van der Waals surface area contributed by atoms with Gasteiger partial charge in [0.15, 0.2) is 0 Å². The lowest BCUT2D eigenvalue weighted by atomic mass is 10.1. The van der Waals surface area contributed by atoms with Crippen molar-refractivity contribution in [2.75, 3.05) is 16.8 Å². The van der Waals surface area contributed by atoms with Crippen molar-refractivity contribution in [3.05, 3.63) is 59.7 Å². The van der Waals surface area contributed by atoms with Crippen molar-refractivity contribution in [3.8, 4) is 0 Å². The molecule has 1 aliphatic rings. The molecule has 0 fully saturated rings. The molecule has 0 radical (unpaired) electrons. The van der Waals surface area contributed by atoms with Gasteiger partial charge in [0.25, 0.3) is 0 Å². The Morgan fingerprint density at radius 2 is 1.92 bits per heavy atom. The number of carbonyl (C=O) groups is 2. The lowest BCUT2D eigenvalue weighted by Gasteiger charge is -2.32. The molecule has 0 aliphatic carbocycles. The monoisotopic (exact) mass is 359 g/mol. The molecule has 7 heteroatoms. The molecule has 2 N–H and O–H groups in total. The summed E-state index contributed by atoms with van der Waals surface area (Å²) in [4.78, 5) is 26.1. The molecule has 0 bridgehead atoms. The number of carbonyl (C=O) groups excluding carboxylic acids is 2. The highest BCUT2D eigenvalue weighted by Gasteiger charge is 2.30. The van der Waals surface area contributed by atoms with Crippen LogP contribution in [-0.2, 0) is 9.59 Å². The average Bonchev–Trinajstić information content (AvgIpc) is 2.60. The van der Waals surface area contributed by atoms with Crippen LogP contribution in [0.5, 0.6) is 0 Å². The molecule has 1 heterocycles. The molecule has 3 rings (SSSR count). The van der Waals surface area contributed by atoms with Gasteiger partial charge in [-0.05, 0) is 32.0 Å². The van der Waals surface area contributed by atoms with Gasteiger partial charge in [0, 0.05) is 17.7 Å². The van der Waals surface area contributed by atoms with E-state index < -0.39 is 23.7 Å². The van der Waals surface area contributed by atoms with E-state index in [1.54, 1.807) is 38.1 Å². The Bertz CT molecular complexity index is 856. The van der Waals surface area contributed by atoms with Crippen LogP contribution in [0.15, 0.2) is 42.5 Å². The van der Waals surface area contributed by atoms with Gasteiger partial charge in [-0.1, -0.05) is 18.2 Å². The van der Waals surface area contributed by atoms with Crippen LogP contribution in [-0.4, -0.2) is 24.4 Å². The maximum absolute atomic E-state index is 13.9. The van der Waals surface area contributed by atoms with Gasteiger partial charge >= 0.3 is 0 Å². The summed E-state index contributed by atoms with van der Waals surface area (Å²) in [5.41, 5.74) is 1.45. The first-order valence-corrected chi connectivity index (χ1v) is 8.28. The van der Waals surface area contributed by atoms with Crippen molar-refractivity contribution < 1.29 is 18.4 Å². The molecule has 26 heavy (non-hydrogen) atoms. The van der Waals surface area contributed by atoms with Crippen molar-refractivity contribution in [3.63, 3.8) is 0 Å². The number of halogens is 2. The predicted molar refractivity (Wildman–Crippen MR) is 94.8 cm³/mol. The number of fused-ring (bicyclic) bond motifs is 1. The van der Waals surface area contributed by atoms with E-state index in [-0.39, 0.29) is 23.9 Å². The SMILES string of the molecule is C[C@@H](N[C@H](C)c1ccc(F)cc1F)C(=O)N1CC(=O)Nc2ccccc21. The van der Waals surface area contributed by atoms with Gasteiger partial charge in [-0.15, -0.1) is 0 Å². The summed E-state index contributed by atoms with van der Waals surface area (Å²) < 4.78 is 27.0. The maximum atomic E-state index is 13.9. The Hall–Kier alpha value is -2.80. The molecular formula is C19H19F2N3O2. The van der Waals surface area contributed by atoms with Crippen molar-refractivity contribution in [2.45, 2.75) is 25.9 Å². The van der Waals surface area contributed by atoms with Gasteiger partial charge in [-0.25, -0.2) is 8.78 Å². The molecule has 0 saturated heterocycles. The number of para-hydroxylation sites is 2. The minimum atomic E-state index is -0.674. The van der Waals surface area contributed by atoms with E-state index >= 15 is 0 Å². The van der Waals surface area contributed by atoms with Crippen LogP contribution in [0.1, 0.15) is 25.5 Å². The Balaban J connectivity index is 1.77. The molecule has 0 saturated carbocycles. The second-order valence-corrected chi connectivity index (χ2v) is 6.27. The molecular weight excluding hydrogens is 340 g/mol. The molecule has 2 atom stereocenters. The van der Waals surface area contributed by atoms with E-state index in [4.69, 9.17) is 0 Å². The number of benzene rings is 2. The van der Waals surface area contributed by atoms with Gasteiger partial charge in [-0.3, -0.25) is 19.8 Å². The smallest absolute Gasteiger partial charge is 0.244 e. The van der Waals surface area contributed by atoms with Gasteiger partial charge in [0.2, 0.25) is 11.8 Å². The van der Waals surface area contributed by atoms with Crippen LogP contribution in [0.4, 0.5) is 20.2 Å². The van der Waals surface area contributed by atoms with Crippen molar-refractivity contribution in [1.29, 1.82) is 0 Å². The van der Waals surface area contributed by atoms with E-state index in [9.17, 15) is 18.4 Å². The second-order valence-electron chi connectivity index (χ2n) is 6.27. The topological polar surface area (TPSA) is 61.4 Å². The van der Waals surface area contributed by atoms with E-state index in [0.717, 1.165) is 6.07 Å². The standard InChI is InChI=1S/C19H19F2N3O2/c1-11(14-8-7-13(20)9-15(14)21)22-12(2)19(26)24-10-18(25)23-16-5-3-4-6-17(16)24/h3-9,11-12,22H,10H2,1-2H3,(H,23,25)/t11-,12-/m1/s1. The van der Waals surface area contributed by atoms with E-state index in [1.807, 2.05) is 0 Å². The van der Waals surface area contributed by atoms with Crippen LogP contribution in [0.3, 0.4) is 0 Å². The minimum absolute atomic E-state index is 0.0822. The average molecular weight is 359 g/mol. The van der Waals surface area contributed by atoms with Crippen molar-refractivity contribution in [2.24, 2.45) is 0 Å². The highest BCUT2D eigenvalue weighted by molar-refractivity contribution is 6.11. The molecule has 0 spiro atoms. The van der Waals surface area contributed by atoms with Crippen LogP contribution in [0, 0.1) is 11.6 Å². The number of nitrogens with zero attached hydrogens (tertiary/aromatic N) is 1.